The summed E-state index contributed by atoms with van der Waals surface area (Å²) in [5.41, 5.74) is 3.89. The number of hydrogen-bond acceptors (Lipinski definition) is 6. The molecule has 1 saturated heterocycles. The fourth-order valence-electron chi connectivity index (χ4n) is 4.23. The average Bonchev–Trinajstić information content (AvgIpc) is 3.00. The minimum absolute atomic E-state index is 0.0767. The molecule has 1 aliphatic rings. The van der Waals surface area contributed by atoms with Crippen LogP contribution in [0.3, 0.4) is 0 Å². The van der Waals surface area contributed by atoms with E-state index >= 15 is 0 Å². The molecule has 3 aromatic carbocycles. The molecule has 0 atom stereocenters. The average molecular weight is 582 g/mol. The lowest BCUT2D eigenvalue weighted by Gasteiger charge is -2.25. The van der Waals surface area contributed by atoms with Crippen LogP contribution in [0, 0.1) is 29.1 Å². The minimum Gasteiger partial charge on any atom is -0.381 e. The highest BCUT2D eigenvalue weighted by molar-refractivity contribution is 7.97. The van der Waals surface area contributed by atoms with E-state index in [0.717, 1.165) is 24.0 Å². The summed E-state index contributed by atoms with van der Waals surface area (Å²) < 4.78 is 76.1. The van der Waals surface area contributed by atoms with Crippen molar-refractivity contribution in [2.45, 2.75) is 30.2 Å². The van der Waals surface area contributed by atoms with E-state index < -0.39 is 52.3 Å². The fourth-order valence-corrected chi connectivity index (χ4v) is 4.93. The van der Waals surface area contributed by atoms with Gasteiger partial charge in [0, 0.05) is 24.5 Å². The molecule has 2 amide bonds. The molecule has 0 aromatic heterocycles. The van der Waals surface area contributed by atoms with Crippen molar-refractivity contribution in [2.24, 2.45) is 0 Å². The predicted octanol–water partition coefficient (Wildman–Crippen LogP) is 5.23. The standard InChI is InChI=1S/C27H24F5N3O4S/c28-21-22(29)24(31)26(25(32)23(21)30)40-33-13-20(36)35(19-7-5-18(6-8-19)27(37)34-38)14-15-1-3-16(4-2-15)17-9-11-39-12-10-17/h1-8,17,33,38H,9-14H2,(H,34,37). The maximum absolute atomic E-state index is 14.0. The third-order valence-corrected chi connectivity index (χ3v) is 7.28. The fraction of sp³-hybridized carbons (Fsp3) is 0.259. The number of hydroxylamine groups is 1. The van der Waals surface area contributed by atoms with Gasteiger partial charge in [-0.15, -0.1) is 0 Å². The van der Waals surface area contributed by atoms with Crippen molar-refractivity contribution >= 4 is 29.4 Å². The normalized spacial score (nSPS) is 13.8. The Kier molecular flexibility index (Phi) is 9.74. The lowest BCUT2D eigenvalue weighted by molar-refractivity contribution is -0.117. The van der Waals surface area contributed by atoms with Gasteiger partial charge < -0.3 is 9.64 Å². The van der Waals surface area contributed by atoms with Crippen molar-refractivity contribution in [3.8, 4) is 0 Å². The number of carbonyl (C=O) groups excluding carboxylic acids is 2. The first-order chi connectivity index (χ1) is 19.2. The largest absolute Gasteiger partial charge is 0.381 e. The summed E-state index contributed by atoms with van der Waals surface area (Å²) in [4.78, 5) is 25.0. The molecular formula is C27H24F5N3O4S. The Labute approximate surface area is 230 Å². The van der Waals surface area contributed by atoms with Crippen LogP contribution in [0.15, 0.2) is 53.4 Å². The molecular weight excluding hydrogens is 557 g/mol. The number of hydrogen-bond donors (Lipinski definition) is 3. The molecule has 4 rings (SSSR count). The van der Waals surface area contributed by atoms with E-state index in [0.29, 0.717) is 24.8 Å². The lowest BCUT2D eigenvalue weighted by Crippen LogP contribution is -2.36. The van der Waals surface area contributed by atoms with Crippen molar-refractivity contribution in [3.63, 3.8) is 0 Å². The molecule has 1 fully saturated rings. The molecule has 0 radical (unpaired) electrons. The number of amides is 2. The van der Waals surface area contributed by atoms with Gasteiger partial charge in [0.1, 0.15) is 4.90 Å². The van der Waals surface area contributed by atoms with Crippen LogP contribution in [0.1, 0.15) is 40.2 Å². The summed E-state index contributed by atoms with van der Waals surface area (Å²) in [5.74, 6) is -11.5. The molecule has 0 bridgehead atoms. The van der Waals surface area contributed by atoms with Crippen LogP contribution in [0.4, 0.5) is 27.6 Å². The van der Waals surface area contributed by atoms with Crippen molar-refractivity contribution in [3.05, 3.63) is 94.3 Å². The molecule has 3 aromatic rings. The summed E-state index contributed by atoms with van der Waals surface area (Å²) in [6.07, 6.45) is 1.81. The quantitative estimate of drug-likeness (QED) is 0.0802. The van der Waals surface area contributed by atoms with Gasteiger partial charge in [-0.1, -0.05) is 24.3 Å². The van der Waals surface area contributed by atoms with Crippen LogP contribution in [0.5, 0.6) is 0 Å². The van der Waals surface area contributed by atoms with Crippen LogP contribution in [0.2, 0.25) is 0 Å². The molecule has 40 heavy (non-hydrogen) atoms. The van der Waals surface area contributed by atoms with Crippen molar-refractivity contribution in [2.75, 3.05) is 24.7 Å². The van der Waals surface area contributed by atoms with Gasteiger partial charge in [-0.05, 0) is 66.1 Å². The van der Waals surface area contributed by atoms with Crippen LogP contribution in [-0.4, -0.2) is 36.8 Å². The van der Waals surface area contributed by atoms with Gasteiger partial charge in [0.15, 0.2) is 23.3 Å². The number of rotatable bonds is 9. The molecule has 0 saturated carbocycles. The van der Waals surface area contributed by atoms with Gasteiger partial charge in [0.05, 0.1) is 13.1 Å². The maximum Gasteiger partial charge on any atom is 0.274 e. The van der Waals surface area contributed by atoms with Crippen LogP contribution in [-0.2, 0) is 16.1 Å². The molecule has 1 heterocycles. The Morgan fingerprint density at radius 2 is 1.45 bits per heavy atom. The molecule has 0 spiro atoms. The second-order valence-electron chi connectivity index (χ2n) is 8.92. The smallest absolute Gasteiger partial charge is 0.274 e. The molecule has 13 heteroatoms. The zero-order chi connectivity index (χ0) is 28.8. The molecule has 0 unspecified atom stereocenters. The first kappa shape index (κ1) is 29.5. The molecule has 1 aliphatic heterocycles. The van der Waals surface area contributed by atoms with Gasteiger partial charge >= 0.3 is 0 Å². The lowest BCUT2D eigenvalue weighted by atomic mass is 9.91. The van der Waals surface area contributed by atoms with Gasteiger partial charge in [-0.3, -0.25) is 19.5 Å². The second-order valence-corrected chi connectivity index (χ2v) is 9.82. The van der Waals surface area contributed by atoms with Gasteiger partial charge in [0.2, 0.25) is 11.7 Å². The first-order valence-corrected chi connectivity index (χ1v) is 13.0. The van der Waals surface area contributed by atoms with E-state index in [9.17, 15) is 31.5 Å². The van der Waals surface area contributed by atoms with E-state index in [1.807, 2.05) is 24.3 Å². The summed E-state index contributed by atoms with van der Waals surface area (Å²) in [5, 5.41) is 8.84. The summed E-state index contributed by atoms with van der Waals surface area (Å²) in [6, 6.07) is 13.4. The Hall–Kier alpha value is -3.52. The zero-order valence-corrected chi connectivity index (χ0v) is 21.7. The monoisotopic (exact) mass is 581 g/mol. The predicted molar refractivity (Wildman–Crippen MR) is 136 cm³/mol. The third kappa shape index (κ3) is 6.61. The van der Waals surface area contributed by atoms with Crippen LogP contribution < -0.4 is 15.1 Å². The number of benzene rings is 3. The van der Waals surface area contributed by atoms with E-state index in [1.54, 1.807) is 0 Å². The Morgan fingerprint density at radius 1 is 0.875 bits per heavy atom. The number of ether oxygens (including phenoxy) is 1. The molecule has 3 N–H and O–H groups in total. The summed E-state index contributed by atoms with van der Waals surface area (Å²) in [6.45, 7) is 0.917. The second kappa shape index (κ2) is 13.2. The number of nitrogens with zero attached hydrogens (tertiary/aromatic N) is 1. The Bertz CT molecular complexity index is 1340. The van der Waals surface area contributed by atoms with Crippen LogP contribution >= 0.6 is 11.9 Å². The molecule has 0 aliphatic carbocycles. The highest BCUT2D eigenvalue weighted by atomic mass is 32.2. The first-order valence-electron chi connectivity index (χ1n) is 12.1. The Balaban J connectivity index is 1.52. The topological polar surface area (TPSA) is 90.9 Å². The van der Waals surface area contributed by atoms with Crippen LogP contribution in [0.25, 0.3) is 0 Å². The number of carbonyl (C=O) groups is 2. The van der Waals surface area contributed by atoms with E-state index in [1.165, 1.54) is 34.6 Å². The summed E-state index contributed by atoms with van der Waals surface area (Å²) in [7, 11) is 0. The summed E-state index contributed by atoms with van der Waals surface area (Å²) >= 11 is 0.0999. The van der Waals surface area contributed by atoms with Gasteiger partial charge in [-0.25, -0.2) is 27.4 Å². The zero-order valence-electron chi connectivity index (χ0n) is 20.9. The number of nitrogens with one attached hydrogen (secondary N) is 2. The number of halogens is 5. The Morgan fingerprint density at radius 3 is 2.02 bits per heavy atom. The highest BCUT2D eigenvalue weighted by Gasteiger charge is 2.27. The maximum atomic E-state index is 14.0. The number of anilines is 1. The minimum atomic E-state index is -2.28. The SMILES string of the molecule is O=C(NO)c1ccc(N(Cc2ccc(C3CCOCC3)cc2)C(=O)CNSc2c(F)c(F)c(F)c(F)c2F)cc1. The van der Waals surface area contributed by atoms with E-state index in [-0.39, 0.29) is 24.1 Å². The van der Waals surface area contributed by atoms with E-state index in [4.69, 9.17) is 9.94 Å². The van der Waals surface area contributed by atoms with Crippen molar-refractivity contribution in [1.29, 1.82) is 0 Å². The molecule has 212 valence electrons. The third-order valence-electron chi connectivity index (χ3n) is 6.42. The molecule has 7 nitrogen and oxygen atoms in total. The van der Waals surface area contributed by atoms with Crippen molar-refractivity contribution < 1.29 is 41.5 Å². The van der Waals surface area contributed by atoms with Crippen molar-refractivity contribution in [1.82, 2.24) is 10.2 Å². The van der Waals surface area contributed by atoms with E-state index in [2.05, 4.69) is 4.72 Å². The van der Waals surface area contributed by atoms with Gasteiger partial charge in [0.25, 0.3) is 5.91 Å². The highest BCUT2D eigenvalue weighted by Crippen LogP contribution is 2.30. The van der Waals surface area contributed by atoms with Gasteiger partial charge in [-0.2, -0.15) is 0 Å².